The Labute approximate surface area is 146 Å². The van der Waals surface area contributed by atoms with E-state index in [2.05, 4.69) is 45.4 Å². The topological polar surface area (TPSA) is 47.3 Å². The molecule has 1 aromatic carbocycles. The number of hydrogen-bond acceptors (Lipinski definition) is 3. The van der Waals surface area contributed by atoms with Gasteiger partial charge in [-0.2, -0.15) is 0 Å². The fourth-order valence-electron chi connectivity index (χ4n) is 2.49. The van der Waals surface area contributed by atoms with Crippen LogP contribution in [0, 0.1) is 0 Å². The van der Waals surface area contributed by atoms with Crippen LogP contribution in [0.2, 0.25) is 25.7 Å². The van der Waals surface area contributed by atoms with Gasteiger partial charge in [-0.1, -0.05) is 40.4 Å². The molecule has 5 heteroatoms. The molecule has 4 nitrogen and oxygen atoms in total. The van der Waals surface area contributed by atoms with E-state index in [1.165, 1.54) is 0 Å². The molecule has 0 radical (unpaired) electrons. The van der Waals surface area contributed by atoms with E-state index in [-0.39, 0.29) is 5.41 Å². The molecule has 0 saturated heterocycles. The number of rotatable bonds is 6. The van der Waals surface area contributed by atoms with Gasteiger partial charge in [-0.15, -0.1) is 0 Å². The molecule has 0 aliphatic carbocycles. The van der Waals surface area contributed by atoms with E-state index in [0.717, 1.165) is 29.6 Å². The van der Waals surface area contributed by atoms with Crippen molar-refractivity contribution in [3.63, 3.8) is 0 Å². The average molecular weight is 347 g/mol. The zero-order valence-electron chi connectivity index (χ0n) is 15.8. The Balaban J connectivity index is 2.15. The normalized spacial score (nSPS) is 12.6. The summed E-state index contributed by atoms with van der Waals surface area (Å²) in [6.45, 7) is 14.6. The molecule has 0 aliphatic heterocycles. The minimum Gasteiger partial charge on any atom is -0.508 e. The molecule has 24 heavy (non-hydrogen) atoms. The summed E-state index contributed by atoms with van der Waals surface area (Å²) in [7, 11) is -1.07. The van der Waals surface area contributed by atoms with Gasteiger partial charge in [0.05, 0.1) is 0 Å². The summed E-state index contributed by atoms with van der Waals surface area (Å²) in [5.41, 5.74) is 1.80. The van der Waals surface area contributed by atoms with E-state index in [4.69, 9.17) is 4.74 Å². The Morgan fingerprint density at radius 3 is 2.54 bits per heavy atom. The van der Waals surface area contributed by atoms with Crippen LogP contribution in [0.1, 0.15) is 26.3 Å². The SMILES string of the molecule is CC(C)(C)c1cc(-c2nccn2COCC[Si](C)(C)C)ccc1O. The molecule has 1 N–H and O–H groups in total. The molecular weight excluding hydrogens is 316 g/mol. The fourth-order valence-corrected chi connectivity index (χ4v) is 3.25. The van der Waals surface area contributed by atoms with Crippen molar-refractivity contribution >= 4 is 8.07 Å². The predicted molar refractivity (Wildman–Crippen MR) is 102 cm³/mol. The van der Waals surface area contributed by atoms with Crippen LogP contribution in [-0.4, -0.2) is 29.3 Å². The summed E-state index contributed by atoms with van der Waals surface area (Å²) in [6, 6.07) is 6.84. The molecule has 1 heterocycles. The highest BCUT2D eigenvalue weighted by Crippen LogP contribution is 2.33. The van der Waals surface area contributed by atoms with Gasteiger partial charge >= 0.3 is 0 Å². The van der Waals surface area contributed by atoms with E-state index in [1.54, 1.807) is 12.3 Å². The Morgan fingerprint density at radius 1 is 1.21 bits per heavy atom. The monoisotopic (exact) mass is 346 g/mol. The first-order valence-corrected chi connectivity index (χ1v) is 12.2. The largest absolute Gasteiger partial charge is 0.508 e. The minimum absolute atomic E-state index is 0.120. The third-order valence-corrected chi connectivity index (χ3v) is 5.71. The number of benzene rings is 1. The molecule has 0 saturated carbocycles. The van der Waals surface area contributed by atoms with Gasteiger partial charge in [0.25, 0.3) is 0 Å². The highest BCUT2D eigenvalue weighted by atomic mass is 28.3. The van der Waals surface area contributed by atoms with Crippen molar-refractivity contribution in [2.75, 3.05) is 6.61 Å². The molecule has 0 bridgehead atoms. The molecule has 1 aromatic heterocycles. The van der Waals surface area contributed by atoms with Gasteiger partial charge in [-0.05, 0) is 35.2 Å². The molecule has 0 aliphatic rings. The maximum Gasteiger partial charge on any atom is 0.141 e. The number of phenolic OH excluding ortho intramolecular Hbond substituents is 1. The van der Waals surface area contributed by atoms with E-state index in [1.807, 2.05) is 22.9 Å². The van der Waals surface area contributed by atoms with Crippen molar-refractivity contribution in [3.05, 3.63) is 36.2 Å². The second-order valence-electron chi connectivity index (χ2n) is 8.55. The number of phenols is 1. The van der Waals surface area contributed by atoms with E-state index in [9.17, 15) is 5.11 Å². The van der Waals surface area contributed by atoms with Gasteiger partial charge in [-0.25, -0.2) is 4.98 Å². The van der Waals surface area contributed by atoms with Gasteiger partial charge in [0.2, 0.25) is 0 Å². The first-order valence-electron chi connectivity index (χ1n) is 8.51. The predicted octanol–water partition coefficient (Wildman–Crippen LogP) is 4.87. The smallest absolute Gasteiger partial charge is 0.141 e. The average Bonchev–Trinajstić information content (AvgIpc) is 2.90. The number of aromatic hydroxyl groups is 1. The van der Waals surface area contributed by atoms with Crippen molar-refractivity contribution in [2.45, 2.75) is 58.6 Å². The Kier molecular flexibility index (Phi) is 5.55. The second-order valence-corrected chi connectivity index (χ2v) is 14.2. The third kappa shape index (κ3) is 4.95. The summed E-state index contributed by atoms with van der Waals surface area (Å²) in [5, 5.41) is 10.1. The molecule has 2 rings (SSSR count). The lowest BCUT2D eigenvalue weighted by molar-refractivity contribution is 0.0883. The van der Waals surface area contributed by atoms with Crippen LogP contribution < -0.4 is 0 Å². The van der Waals surface area contributed by atoms with E-state index < -0.39 is 8.07 Å². The quantitative estimate of drug-likeness (QED) is 0.600. The van der Waals surface area contributed by atoms with Crippen LogP contribution in [-0.2, 0) is 16.9 Å². The van der Waals surface area contributed by atoms with Crippen molar-refractivity contribution in [1.29, 1.82) is 0 Å². The number of hydrogen-bond donors (Lipinski definition) is 1. The standard InChI is InChI=1S/C19H30N2O2Si/c1-19(2,3)16-13-15(7-8-17(16)22)18-20-9-10-21(18)14-23-11-12-24(4,5)6/h7-10,13,22H,11-12,14H2,1-6H3. The lowest BCUT2D eigenvalue weighted by atomic mass is 9.85. The molecule has 0 amide bonds. The molecule has 2 aromatic rings. The summed E-state index contributed by atoms with van der Waals surface area (Å²) in [5.74, 6) is 1.20. The molecule has 0 unspecified atom stereocenters. The van der Waals surface area contributed by atoms with E-state index >= 15 is 0 Å². The van der Waals surface area contributed by atoms with Crippen molar-refractivity contribution < 1.29 is 9.84 Å². The van der Waals surface area contributed by atoms with Crippen LogP contribution in [0.4, 0.5) is 0 Å². The van der Waals surface area contributed by atoms with Gasteiger partial charge in [0, 0.05) is 32.6 Å². The lowest BCUT2D eigenvalue weighted by Gasteiger charge is -2.21. The lowest BCUT2D eigenvalue weighted by Crippen LogP contribution is -2.22. The zero-order valence-corrected chi connectivity index (χ0v) is 16.8. The molecule has 0 atom stereocenters. The van der Waals surface area contributed by atoms with Crippen LogP contribution in [0.15, 0.2) is 30.6 Å². The Morgan fingerprint density at radius 2 is 1.92 bits per heavy atom. The number of ether oxygens (including phenoxy) is 1. The van der Waals surface area contributed by atoms with Crippen LogP contribution in [0.5, 0.6) is 5.75 Å². The van der Waals surface area contributed by atoms with Gasteiger partial charge in [0.15, 0.2) is 0 Å². The Hall–Kier alpha value is -1.59. The molecular formula is C19H30N2O2Si. The zero-order chi connectivity index (χ0) is 18.0. The van der Waals surface area contributed by atoms with Crippen LogP contribution >= 0.6 is 0 Å². The fraction of sp³-hybridized carbons (Fsp3) is 0.526. The highest BCUT2D eigenvalue weighted by molar-refractivity contribution is 6.76. The summed E-state index contributed by atoms with van der Waals surface area (Å²) < 4.78 is 7.86. The van der Waals surface area contributed by atoms with Gasteiger partial charge in [0.1, 0.15) is 18.3 Å². The summed E-state index contributed by atoms with van der Waals surface area (Å²) >= 11 is 0. The van der Waals surface area contributed by atoms with Gasteiger partial charge in [-0.3, -0.25) is 0 Å². The maximum atomic E-state index is 10.1. The third-order valence-electron chi connectivity index (χ3n) is 4.01. The minimum atomic E-state index is -1.07. The number of imidazole rings is 1. The summed E-state index contributed by atoms with van der Waals surface area (Å²) in [6.07, 6.45) is 3.73. The molecule has 0 spiro atoms. The maximum absolute atomic E-state index is 10.1. The molecule has 132 valence electrons. The van der Waals surface area contributed by atoms with Crippen molar-refractivity contribution in [1.82, 2.24) is 9.55 Å². The first kappa shape index (κ1) is 18.7. The van der Waals surface area contributed by atoms with Crippen molar-refractivity contribution in [3.8, 4) is 17.1 Å². The number of nitrogens with zero attached hydrogens (tertiary/aromatic N) is 2. The first-order chi connectivity index (χ1) is 11.1. The summed E-state index contributed by atoms with van der Waals surface area (Å²) in [4.78, 5) is 4.48. The Bertz CT molecular complexity index is 681. The van der Waals surface area contributed by atoms with Crippen molar-refractivity contribution in [2.24, 2.45) is 0 Å². The molecule has 0 fully saturated rings. The highest BCUT2D eigenvalue weighted by Gasteiger charge is 2.20. The van der Waals surface area contributed by atoms with E-state index in [0.29, 0.717) is 12.5 Å². The van der Waals surface area contributed by atoms with Gasteiger partial charge < -0.3 is 14.4 Å². The van der Waals surface area contributed by atoms with Crippen LogP contribution in [0.3, 0.4) is 0 Å². The number of aromatic nitrogens is 2. The van der Waals surface area contributed by atoms with Crippen LogP contribution in [0.25, 0.3) is 11.4 Å². The second kappa shape index (κ2) is 7.11.